The summed E-state index contributed by atoms with van der Waals surface area (Å²) in [6.45, 7) is 2.40. The van der Waals surface area contributed by atoms with Gasteiger partial charge in [-0.05, 0) is 92.4 Å². The fourth-order valence-corrected chi connectivity index (χ4v) is 7.11. The van der Waals surface area contributed by atoms with E-state index in [0.29, 0.717) is 23.5 Å². The van der Waals surface area contributed by atoms with E-state index < -0.39 is 0 Å². The van der Waals surface area contributed by atoms with Crippen LogP contribution in [-0.4, -0.2) is 17.2 Å². The van der Waals surface area contributed by atoms with Crippen LogP contribution in [0.1, 0.15) is 81.8 Å². The van der Waals surface area contributed by atoms with E-state index in [-0.39, 0.29) is 23.4 Å². The number of carbonyl (C=O) groups is 1. The van der Waals surface area contributed by atoms with Gasteiger partial charge in [-0.15, -0.1) is 0 Å². The fourth-order valence-electron chi connectivity index (χ4n) is 7.11. The van der Waals surface area contributed by atoms with E-state index in [4.69, 9.17) is 4.74 Å². The SMILES string of the molecule is C[C@]12CC[C@@H]3c4ccc(O)cc4CC[C@H]3[C@@H]1CCC2OC(=O)C1CCCC1. The number of phenols is 1. The maximum Gasteiger partial charge on any atom is 0.309 e. The van der Waals surface area contributed by atoms with Gasteiger partial charge in [0.2, 0.25) is 0 Å². The zero-order valence-corrected chi connectivity index (χ0v) is 16.5. The van der Waals surface area contributed by atoms with Gasteiger partial charge in [0.1, 0.15) is 11.9 Å². The monoisotopic (exact) mass is 368 g/mol. The Bertz CT molecular complexity index is 735. The smallest absolute Gasteiger partial charge is 0.309 e. The molecule has 3 fully saturated rings. The molecule has 0 bridgehead atoms. The van der Waals surface area contributed by atoms with Gasteiger partial charge in [0.15, 0.2) is 0 Å². The average Bonchev–Trinajstić information content (AvgIpc) is 3.30. The number of esters is 1. The second kappa shape index (κ2) is 6.53. The van der Waals surface area contributed by atoms with Crippen LogP contribution in [0.2, 0.25) is 0 Å². The number of rotatable bonds is 2. The Hall–Kier alpha value is -1.51. The summed E-state index contributed by atoms with van der Waals surface area (Å²) in [5, 5.41) is 9.84. The average molecular weight is 369 g/mol. The Kier molecular flexibility index (Phi) is 4.25. The minimum atomic E-state index is 0.0889. The summed E-state index contributed by atoms with van der Waals surface area (Å²) in [7, 11) is 0. The van der Waals surface area contributed by atoms with Crippen molar-refractivity contribution in [1.82, 2.24) is 0 Å². The maximum absolute atomic E-state index is 12.7. The Labute approximate surface area is 162 Å². The molecule has 0 amide bonds. The number of hydrogen-bond donors (Lipinski definition) is 1. The summed E-state index contributed by atoms with van der Waals surface area (Å²) in [6.07, 6.45) is 11.4. The minimum absolute atomic E-state index is 0.0889. The molecule has 146 valence electrons. The van der Waals surface area contributed by atoms with Crippen LogP contribution in [0.15, 0.2) is 18.2 Å². The van der Waals surface area contributed by atoms with Gasteiger partial charge >= 0.3 is 5.97 Å². The van der Waals surface area contributed by atoms with Crippen LogP contribution >= 0.6 is 0 Å². The van der Waals surface area contributed by atoms with Crippen molar-refractivity contribution < 1.29 is 14.6 Å². The highest BCUT2D eigenvalue weighted by Gasteiger charge is 2.56. The topological polar surface area (TPSA) is 46.5 Å². The standard InChI is InChI=1S/C24H32O3/c1-24-13-12-19-18-9-7-17(25)14-16(18)6-8-20(19)21(24)10-11-22(24)27-23(26)15-4-2-3-5-15/h7,9,14-15,19-22,25H,2-6,8,10-13H2,1H3/t19-,20-,21+,22?,24+/m1/s1. The normalized spacial score (nSPS) is 38.1. The van der Waals surface area contributed by atoms with Gasteiger partial charge in [-0.1, -0.05) is 25.8 Å². The molecule has 0 aliphatic heterocycles. The molecule has 1 N–H and O–H groups in total. The third kappa shape index (κ3) is 2.80. The Morgan fingerprint density at radius 1 is 1.11 bits per heavy atom. The van der Waals surface area contributed by atoms with Crippen LogP contribution in [0.25, 0.3) is 0 Å². The van der Waals surface area contributed by atoms with Crippen LogP contribution in [0, 0.1) is 23.2 Å². The van der Waals surface area contributed by atoms with E-state index in [0.717, 1.165) is 32.1 Å². The van der Waals surface area contributed by atoms with Crippen molar-refractivity contribution in [3.8, 4) is 5.75 Å². The molecule has 1 unspecified atom stereocenters. The lowest BCUT2D eigenvalue weighted by Gasteiger charge is -2.50. The summed E-state index contributed by atoms with van der Waals surface area (Å²) < 4.78 is 6.16. The largest absolute Gasteiger partial charge is 0.508 e. The third-order valence-electron chi connectivity index (χ3n) is 8.57. The maximum atomic E-state index is 12.7. The number of aryl methyl sites for hydroxylation is 1. The second-order valence-corrected chi connectivity index (χ2v) is 9.83. The van der Waals surface area contributed by atoms with E-state index in [2.05, 4.69) is 13.0 Å². The van der Waals surface area contributed by atoms with Gasteiger partial charge in [-0.3, -0.25) is 4.79 Å². The molecule has 27 heavy (non-hydrogen) atoms. The number of ether oxygens (including phenoxy) is 1. The molecule has 0 spiro atoms. The molecule has 4 aliphatic carbocycles. The lowest BCUT2D eigenvalue weighted by atomic mass is 9.55. The molecule has 1 aromatic rings. The molecule has 0 saturated heterocycles. The summed E-state index contributed by atoms with van der Waals surface area (Å²) in [5.74, 6) is 2.64. The second-order valence-electron chi connectivity index (χ2n) is 9.83. The molecule has 3 heteroatoms. The number of phenolic OH excluding ortho intramolecular Hbond substituents is 1. The van der Waals surface area contributed by atoms with Crippen LogP contribution in [-0.2, 0) is 16.0 Å². The first-order valence-corrected chi connectivity index (χ1v) is 11.1. The third-order valence-corrected chi connectivity index (χ3v) is 8.57. The molecular formula is C24H32O3. The van der Waals surface area contributed by atoms with Crippen molar-refractivity contribution in [2.45, 2.75) is 83.2 Å². The number of benzene rings is 1. The number of hydrogen-bond acceptors (Lipinski definition) is 3. The van der Waals surface area contributed by atoms with Crippen molar-refractivity contribution >= 4 is 5.97 Å². The first-order valence-electron chi connectivity index (χ1n) is 11.1. The van der Waals surface area contributed by atoms with Gasteiger partial charge in [0, 0.05) is 5.41 Å². The molecule has 0 heterocycles. The van der Waals surface area contributed by atoms with Gasteiger partial charge < -0.3 is 9.84 Å². The number of fused-ring (bicyclic) bond motifs is 5. The molecule has 0 radical (unpaired) electrons. The van der Waals surface area contributed by atoms with E-state index in [9.17, 15) is 9.90 Å². The van der Waals surface area contributed by atoms with E-state index in [1.165, 1.54) is 43.2 Å². The van der Waals surface area contributed by atoms with Crippen LogP contribution in [0.5, 0.6) is 5.75 Å². The zero-order chi connectivity index (χ0) is 18.6. The predicted molar refractivity (Wildman–Crippen MR) is 105 cm³/mol. The van der Waals surface area contributed by atoms with Crippen molar-refractivity contribution in [2.24, 2.45) is 23.2 Å². The molecule has 1 aromatic carbocycles. The number of aromatic hydroxyl groups is 1. The first-order chi connectivity index (χ1) is 13.1. The van der Waals surface area contributed by atoms with Gasteiger partial charge in [0.25, 0.3) is 0 Å². The van der Waals surface area contributed by atoms with Crippen molar-refractivity contribution in [3.63, 3.8) is 0 Å². The molecule has 4 aliphatic rings. The molecule has 0 aromatic heterocycles. The highest BCUT2D eigenvalue weighted by molar-refractivity contribution is 5.73. The summed E-state index contributed by atoms with van der Waals surface area (Å²) in [5.41, 5.74) is 2.98. The zero-order valence-electron chi connectivity index (χ0n) is 16.5. The summed E-state index contributed by atoms with van der Waals surface area (Å²) in [6, 6.07) is 5.99. The van der Waals surface area contributed by atoms with Crippen LogP contribution in [0.4, 0.5) is 0 Å². The quantitative estimate of drug-likeness (QED) is 0.716. The highest BCUT2D eigenvalue weighted by atomic mass is 16.5. The fraction of sp³-hybridized carbons (Fsp3) is 0.708. The lowest BCUT2D eigenvalue weighted by Crippen LogP contribution is -2.45. The van der Waals surface area contributed by atoms with Crippen LogP contribution in [0.3, 0.4) is 0 Å². The van der Waals surface area contributed by atoms with Gasteiger partial charge in [-0.25, -0.2) is 0 Å². The van der Waals surface area contributed by atoms with E-state index in [1.807, 2.05) is 12.1 Å². The Morgan fingerprint density at radius 3 is 2.74 bits per heavy atom. The molecule has 5 atom stereocenters. The van der Waals surface area contributed by atoms with Gasteiger partial charge in [-0.2, -0.15) is 0 Å². The first kappa shape index (κ1) is 17.6. The Morgan fingerprint density at radius 2 is 1.93 bits per heavy atom. The number of carbonyl (C=O) groups excluding carboxylic acids is 1. The highest BCUT2D eigenvalue weighted by Crippen LogP contribution is 2.61. The van der Waals surface area contributed by atoms with E-state index in [1.54, 1.807) is 0 Å². The van der Waals surface area contributed by atoms with Crippen molar-refractivity contribution in [3.05, 3.63) is 29.3 Å². The predicted octanol–water partition coefficient (Wildman–Crippen LogP) is 5.35. The molecular weight excluding hydrogens is 336 g/mol. The Balaban J connectivity index is 1.35. The van der Waals surface area contributed by atoms with Crippen molar-refractivity contribution in [1.29, 1.82) is 0 Å². The van der Waals surface area contributed by atoms with Crippen molar-refractivity contribution in [2.75, 3.05) is 0 Å². The van der Waals surface area contributed by atoms with E-state index >= 15 is 0 Å². The summed E-state index contributed by atoms with van der Waals surface area (Å²) >= 11 is 0. The van der Waals surface area contributed by atoms with Gasteiger partial charge in [0.05, 0.1) is 5.92 Å². The summed E-state index contributed by atoms with van der Waals surface area (Å²) in [4.78, 5) is 12.7. The minimum Gasteiger partial charge on any atom is -0.508 e. The molecule has 3 saturated carbocycles. The molecule has 5 rings (SSSR count). The molecule has 3 nitrogen and oxygen atoms in total. The van der Waals surface area contributed by atoms with Crippen LogP contribution < -0.4 is 0 Å². The lowest BCUT2D eigenvalue weighted by molar-refractivity contribution is -0.162.